The summed E-state index contributed by atoms with van der Waals surface area (Å²) in [6.07, 6.45) is 3.05. The number of phenolic OH excluding ortho intramolecular Hbond substituents is 1. The van der Waals surface area contributed by atoms with E-state index < -0.39 is 91.7 Å². The quantitative estimate of drug-likeness (QED) is 0.0557. The van der Waals surface area contributed by atoms with Crippen molar-refractivity contribution in [2.75, 3.05) is 26.2 Å². The number of carbonyl (C=O) groups is 2. The van der Waals surface area contributed by atoms with Crippen LogP contribution in [-0.2, 0) is 36.1 Å². The first kappa shape index (κ1) is 42.3. The largest absolute Gasteiger partial charge is 0.504 e. The Kier molecular flexibility index (Phi) is 10.2. The van der Waals surface area contributed by atoms with Crippen LogP contribution in [0.4, 0.5) is 27.6 Å². The summed E-state index contributed by atoms with van der Waals surface area (Å²) >= 11 is 14.2. The Hall–Kier alpha value is -6.41. The number of anilines is 1. The van der Waals surface area contributed by atoms with Crippen LogP contribution in [0.15, 0.2) is 62.4 Å². The van der Waals surface area contributed by atoms with Gasteiger partial charge in [0.15, 0.2) is 56.0 Å². The van der Waals surface area contributed by atoms with Gasteiger partial charge in [-0.15, -0.1) is 23.2 Å². The zero-order chi connectivity index (χ0) is 44.9. The minimum Gasteiger partial charge on any atom is -0.504 e. The summed E-state index contributed by atoms with van der Waals surface area (Å²) in [6.45, 7) is -0.704. The monoisotopic (exact) mass is 904 g/mol. The van der Waals surface area contributed by atoms with E-state index >= 15 is 8.78 Å². The molecule has 2 fully saturated rings. The zero-order valence-corrected chi connectivity index (χ0v) is 34.2. The lowest BCUT2D eigenvalue weighted by molar-refractivity contribution is -0.122. The fourth-order valence-corrected chi connectivity index (χ4v) is 9.28. The van der Waals surface area contributed by atoms with Gasteiger partial charge in [0.25, 0.3) is 17.4 Å². The first-order valence-corrected chi connectivity index (χ1v) is 19.2. The third-order valence-corrected chi connectivity index (χ3v) is 13.0. The number of methoxy groups -OCH3 is 3. The predicted octanol–water partition coefficient (Wildman–Crippen LogP) is 4.47. The number of nitrogens with zero attached hydrogens (tertiary/aromatic N) is 6. The zero-order valence-electron chi connectivity index (χ0n) is 32.6. The maximum absolute atomic E-state index is 15.3. The number of amides is 2. The summed E-state index contributed by atoms with van der Waals surface area (Å²) in [6, 6.07) is 5.81. The number of aromatic hydroxyl groups is 1. The van der Waals surface area contributed by atoms with E-state index in [0.29, 0.717) is 28.1 Å². The normalized spacial score (nSPS) is 21.9. The number of carbonyl (C=O) groups excluding carboxylic acids is 2. The second kappa shape index (κ2) is 14.9. The van der Waals surface area contributed by atoms with Crippen LogP contribution in [0.5, 0.6) is 23.0 Å². The highest BCUT2D eigenvalue weighted by Crippen LogP contribution is 2.61. The van der Waals surface area contributed by atoms with Gasteiger partial charge in [0.2, 0.25) is 5.82 Å². The molecule has 2 aliphatic heterocycles. The van der Waals surface area contributed by atoms with Gasteiger partial charge in [-0.1, -0.05) is 24.3 Å². The summed E-state index contributed by atoms with van der Waals surface area (Å²) in [5, 5.41) is 10.1. The molecule has 3 aromatic carbocycles. The number of aromatic nitrogens is 5. The number of benzene rings is 3. The standard InChI is InChI=1S/C40H31Cl2F5N6O9/c1-49-22-15-27(62-4)26(61-3)14-21(22)48-20(34(49)55)10-11-50-37(58)51-12-9-18-19(7-5-17-6-8-24(54)25(13-17)60-2)40(42)36(57)52(33-31(46)29(44)28(43)30(45)32(33)47)35(56)39(40,41)16-23(18)53(51)38(50)59/h5-9,13-15,19,23,54H,10-12,16H2,1-4H3/t19-,23+,39+,40-/m0/s1. The number of hydrogen-bond acceptors (Lipinski definition) is 10. The van der Waals surface area contributed by atoms with Gasteiger partial charge in [0.05, 0.1) is 44.9 Å². The van der Waals surface area contributed by atoms with E-state index in [1.165, 1.54) is 69.4 Å². The van der Waals surface area contributed by atoms with Crippen molar-refractivity contribution in [1.29, 1.82) is 0 Å². The van der Waals surface area contributed by atoms with Crippen molar-refractivity contribution in [2.45, 2.75) is 41.7 Å². The van der Waals surface area contributed by atoms with Crippen molar-refractivity contribution >= 4 is 57.8 Å². The average molecular weight is 906 g/mol. The van der Waals surface area contributed by atoms with Gasteiger partial charge in [0.1, 0.15) is 11.4 Å². The second-order valence-corrected chi connectivity index (χ2v) is 15.8. The molecule has 4 heterocycles. The lowest BCUT2D eigenvalue weighted by atomic mass is 9.66. The van der Waals surface area contributed by atoms with Crippen LogP contribution >= 0.6 is 23.2 Å². The Morgan fingerprint density at radius 1 is 0.855 bits per heavy atom. The third-order valence-electron chi connectivity index (χ3n) is 11.5. The number of fused-ring (bicyclic) bond motifs is 5. The minimum atomic E-state index is -2.78. The van der Waals surface area contributed by atoms with Crippen molar-refractivity contribution in [3.05, 3.63) is 120 Å². The highest BCUT2D eigenvalue weighted by molar-refractivity contribution is 6.58. The van der Waals surface area contributed by atoms with Gasteiger partial charge < -0.3 is 23.9 Å². The van der Waals surface area contributed by atoms with Crippen molar-refractivity contribution in [2.24, 2.45) is 13.0 Å². The van der Waals surface area contributed by atoms with E-state index in [-0.39, 0.29) is 47.2 Å². The van der Waals surface area contributed by atoms with Crippen LogP contribution < -0.4 is 36.0 Å². The smallest absolute Gasteiger partial charge is 0.347 e. The van der Waals surface area contributed by atoms with Gasteiger partial charge in [0, 0.05) is 44.5 Å². The molecule has 1 saturated heterocycles. The van der Waals surface area contributed by atoms with E-state index in [1.54, 1.807) is 12.1 Å². The van der Waals surface area contributed by atoms with Crippen LogP contribution in [0.25, 0.3) is 17.1 Å². The first-order valence-electron chi connectivity index (χ1n) is 18.4. The van der Waals surface area contributed by atoms with Gasteiger partial charge in [-0.2, -0.15) is 0 Å². The highest BCUT2D eigenvalue weighted by atomic mass is 35.5. The van der Waals surface area contributed by atoms with Crippen LogP contribution in [0, 0.1) is 35.0 Å². The summed E-state index contributed by atoms with van der Waals surface area (Å²) in [7, 11) is 5.63. The van der Waals surface area contributed by atoms with Gasteiger partial charge in [-0.25, -0.2) is 55.4 Å². The Morgan fingerprint density at radius 3 is 2.13 bits per heavy atom. The van der Waals surface area contributed by atoms with Gasteiger partial charge in [-0.3, -0.25) is 14.4 Å². The maximum atomic E-state index is 15.3. The number of allylic oxidation sites excluding steroid dienone is 3. The lowest BCUT2D eigenvalue weighted by Crippen LogP contribution is -2.60. The third kappa shape index (κ3) is 5.82. The van der Waals surface area contributed by atoms with E-state index in [0.717, 1.165) is 13.9 Å². The molecule has 324 valence electrons. The fourth-order valence-electron chi connectivity index (χ4n) is 8.41. The summed E-state index contributed by atoms with van der Waals surface area (Å²) in [5.41, 5.74) is -3.11. The molecule has 2 amide bonds. The van der Waals surface area contributed by atoms with E-state index in [1.807, 2.05) is 0 Å². The molecule has 22 heteroatoms. The molecular weight excluding hydrogens is 874 g/mol. The molecule has 0 unspecified atom stereocenters. The summed E-state index contributed by atoms with van der Waals surface area (Å²) in [5.74, 6) is -16.9. The highest BCUT2D eigenvalue weighted by Gasteiger charge is 2.75. The number of hydrogen-bond donors (Lipinski definition) is 1. The van der Waals surface area contributed by atoms with Crippen molar-refractivity contribution < 1.29 is 50.9 Å². The van der Waals surface area contributed by atoms with Gasteiger partial charge >= 0.3 is 11.4 Å². The van der Waals surface area contributed by atoms with Crippen molar-refractivity contribution in [3.8, 4) is 23.0 Å². The molecule has 1 saturated carbocycles. The number of rotatable bonds is 9. The van der Waals surface area contributed by atoms with E-state index in [9.17, 15) is 42.3 Å². The van der Waals surface area contributed by atoms with Crippen LogP contribution in [0.1, 0.15) is 23.7 Å². The number of halogens is 7. The predicted molar refractivity (Wildman–Crippen MR) is 212 cm³/mol. The average Bonchev–Trinajstić information content (AvgIpc) is 3.59. The Balaban J connectivity index is 1.24. The first-order chi connectivity index (χ1) is 29.4. The number of imide groups is 1. The topological polar surface area (TPSA) is 169 Å². The lowest BCUT2D eigenvalue weighted by Gasteiger charge is -2.47. The second-order valence-electron chi connectivity index (χ2n) is 14.6. The van der Waals surface area contributed by atoms with Crippen LogP contribution in [-0.4, -0.2) is 71.5 Å². The molecule has 3 aliphatic rings. The maximum Gasteiger partial charge on any atom is 0.347 e. The Bertz CT molecular complexity index is 3030. The molecule has 2 aromatic heterocycles. The molecule has 1 N–H and O–H groups in total. The summed E-state index contributed by atoms with van der Waals surface area (Å²) < 4.78 is 93.9. The molecule has 15 nitrogen and oxygen atoms in total. The molecule has 62 heavy (non-hydrogen) atoms. The Morgan fingerprint density at radius 2 is 1.48 bits per heavy atom. The molecule has 1 aliphatic carbocycles. The molecule has 4 atom stereocenters. The SMILES string of the molecule is COc1cc(C=C[C@H]2C3=CCn4c(=O)n(CCc5nc6cc(OC)c(OC)cc6n(C)c5=O)c(=O)n4[C@@H]3C[C@@]3(Cl)C(=O)N(c4c(F)c(F)c(F)c(F)c4F)C(=O)[C@@]23Cl)ccc1O. The van der Waals surface area contributed by atoms with E-state index in [2.05, 4.69) is 4.98 Å². The number of aryl methyl sites for hydroxylation is 2. The molecule has 0 radical (unpaired) electrons. The number of ether oxygens (including phenoxy) is 3. The molecule has 0 bridgehead atoms. The van der Waals surface area contributed by atoms with Crippen LogP contribution in [0.2, 0.25) is 0 Å². The van der Waals surface area contributed by atoms with Crippen molar-refractivity contribution in [3.63, 3.8) is 0 Å². The molecule has 5 aromatic rings. The van der Waals surface area contributed by atoms with Crippen LogP contribution in [0.3, 0.4) is 0 Å². The summed E-state index contributed by atoms with van der Waals surface area (Å²) in [4.78, 5) is 69.2. The van der Waals surface area contributed by atoms with Gasteiger partial charge in [-0.05, 0) is 23.3 Å². The minimum absolute atomic E-state index is 0.0184. The van der Waals surface area contributed by atoms with Crippen molar-refractivity contribution in [1.82, 2.24) is 23.5 Å². The number of phenols is 1. The fraction of sp³-hybridized carbons (Fsp3) is 0.300. The number of alkyl halides is 2. The Labute approximate surface area is 354 Å². The molecule has 8 rings (SSSR count). The molecule has 0 spiro atoms. The molecular formula is C40H31Cl2F5N6O9. The van der Waals surface area contributed by atoms with E-state index in [4.69, 9.17) is 37.4 Å².